The second-order valence-electron chi connectivity index (χ2n) is 3.61. The van der Waals surface area contributed by atoms with Crippen molar-refractivity contribution in [2.24, 2.45) is 0 Å². The van der Waals surface area contributed by atoms with Gasteiger partial charge in [-0.25, -0.2) is 0 Å². The van der Waals surface area contributed by atoms with Gasteiger partial charge in [0.25, 0.3) is 0 Å². The zero-order valence-corrected chi connectivity index (χ0v) is 9.77. The Morgan fingerprint density at radius 2 is 2.29 bits per heavy atom. The van der Waals surface area contributed by atoms with E-state index in [-0.39, 0.29) is 18.2 Å². The third-order valence-electron chi connectivity index (χ3n) is 2.28. The van der Waals surface area contributed by atoms with Gasteiger partial charge in [-0.05, 0) is 6.07 Å². The van der Waals surface area contributed by atoms with Gasteiger partial charge in [-0.1, -0.05) is 6.92 Å². The zero-order valence-electron chi connectivity index (χ0n) is 9.77. The molecule has 1 heterocycles. The molecule has 90 valence electrons. The molecule has 0 atom stereocenters. The number of aromatic nitrogens is 1. The first-order valence-electron chi connectivity index (χ1n) is 5.50. The van der Waals surface area contributed by atoms with Crippen molar-refractivity contribution in [3.63, 3.8) is 0 Å². The van der Waals surface area contributed by atoms with E-state index in [1.54, 1.807) is 30.0 Å². The Morgan fingerprint density at radius 1 is 1.53 bits per heavy atom. The number of carbonyl (C=O) groups is 2. The van der Waals surface area contributed by atoms with Crippen LogP contribution in [0.4, 0.5) is 0 Å². The summed E-state index contributed by atoms with van der Waals surface area (Å²) in [7, 11) is 0. The SMILES string of the molecule is CCC(=O)c1ccn(CC(=O)NCCC#N)c1. The molecular formula is C12H15N3O2. The van der Waals surface area contributed by atoms with E-state index in [0.29, 0.717) is 24.9 Å². The van der Waals surface area contributed by atoms with Gasteiger partial charge in [0.15, 0.2) is 5.78 Å². The highest BCUT2D eigenvalue weighted by atomic mass is 16.2. The molecule has 0 aliphatic heterocycles. The third kappa shape index (κ3) is 4.11. The Balaban J connectivity index is 2.46. The summed E-state index contributed by atoms with van der Waals surface area (Å²) in [6, 6.07) is 3.65. The number of nitrogens with zero attached hydrogens (tertiary/aromatic N) is 2. The van der Waals surface area contributed by atoms with E-state index in [4.69, 9.17) is 5.26 Å². The smallest absolute Gasteiger partial charge is 0.239 e. The molecule has 0 radical (unpaired) electrons. The van der Waals surface area contributed by atoms with Crippen molar-refractivity contribution >= 4 is 11.7 Å². The molecule has 1 rings (SSSR count). The van der Waals surface area contributed by atoms with Crippen molar-refractivity contribution in [1.29, 1.82) is 5.26 Å². The summed E-state index contributed by atoms with van der Waals surface area (Å²) in [4.78, 5) is 22.8. The van der Waals surface area contributed by atoms with E-state index in [1.165, 1.54) is 0 Å². The van der Waals surface area contributed by atoms with Gasteiger partial charge in [0, 0.05) is 30.9 Å². The molecule has 0 aliphatic carbocycles. The van der Waals surface area contributed by atoms with Gasteiger partial charge in [-0.3, -0.25) is 9.59 Å². The van der Waals surface area contributed by atoms with Gasteiger partial charge in [-0.15, -0.1) is 0 Å². The number of carbonyl (C=O) groups excluding carboxylic acids is 2. The lowest BCUT2D eigenvalue weighted by Crippen LogP contribution is -2.27. The summed E-state index contributed by atoms with van der Waals surface area (Å²) in [5, 5.41) is 10.9. The van der Waals surface area contributed by atoms with Crippen molar-refractivity contribution in [1.82, 2.24) is 9.88 Å². The number of nitrogens with one attached hydrogen (secondary N) is 1. The predicted molar refractivity (Wildman–Crippen MR) is 62.3 cm³/mol. The van der Waals surface area contributed by atoms with E-state index in [1.807, 2.05) is 6.07 Å². The highest BCUT2D eigenvalue weighted by molar-refractivity contribution is 5.95. The molecule has 1 N–H and O–H groups in total. The first-order chi connectivity index (χ1) is 8.17. The second kappa shape index (κ2) is 6.48. The van der Waals surface area contributed by atoms with Crippen molar-refractivity contribution in [2.75, 3.05) is 6.54 Å². The molecular weight excluding hydrogens is 218 g/mol. The monoisotopic (exact) mass is 233 g/mol. The van der Waals surface area contributed by atoms with Gasteiger partial charge in [-0.2, -0.15) is 5.26 Å². The topological polar surface area (TPSA) is 74.9 Å². The number of amides is 1. The summed E-state index contributed by atoms with van der Waals surface area (Å²) in [6.45, 7) is 2.33. The molecule has 1 aromatic heterocycles. The van der Waals surface area contributed by atoms with Crippen LogP contribution in [0.5, 0.6) is 0 Å². The number of hydrogen-bond acceptors (Lipinski definition) is 3. The van der Waals surface area contributed by atoms with Gasteiger partial charge in [0.2, 0.25) is 5.91 Å². The van der Waals surface area contributed by atoms with Crippen molar-refractivity contribution < 1.29 is 9.59 Å². The fraction of sp³-hybridized carbons (Fsp3) is 0.417. The maximum atomic E-state index is 11.4. The average molecular weight is 233 g/mol. The molecule has 0 aromatic carbocycles. The standard InChI is InChI=1S/C12H15N3O2/c1-2-11(16)10-4-7-15(8-10)9-12(17)14-6-3-5-13/h4,7-8H,2-3,6,9H2,1H3,(H,14,17). The number of nitriles is 1. The molecule has 0 saturated heterocycles. The molecule has 0 saturated carbocycles. The van der Waals surface area contributed by atoms with Crippen LogP contribution in [-0.4, -0.2) is 22.8 Å². The summed E-state index contributed by atoms with van der Waals surface area (Å²) in [5.74, 6) is -0.0972. The average Bonchev–Trinajstić information content (AvgIpc) is 2.77. The molecule has 5 nitrogen and oxygen atoms in total. The van der Waals surface area contributed by atoms with Crippen LogP contribution in [0.15, 0.2) is 18.5 Å². The maximum absolute atomic E-state index is 11.4. The van der Waals surface area contributed by atoms with Crippen molar-refractivity contribution in [3.8, 4) is 6.07 Å². The molecule has 0 fully saturated rings. The summed E-state index contributed by atoms with van der Waals surface area (Å²) < 4.78 is 1.66. The summed E-state index contributed by atoms with van der Waals surface area (Å²) in [5.41, 5.74) is 0.623. The maximum Gasteiger partial charge on any atom is 0.239 e. The summed E-state index contributed by atoms with van der Waals surface area (Å²) in [6.07, 6.45) is 4.12. The number of Topliss-reactive ketones (excluding diaryl/α,β-unsaturated/α-hetero) is 1. The Labute approximate surface area is 100 Å². The van der Waals surface area contributed by atoms with Crippen LogP contribution in [0, 0.1) is 11.3 Å². The molecule has 0 spiro atoms. The lowest BCUT2D eigenvalue weighted by Gasteiger charge is -2.03. The van der Waals surface area contributed by atoms with Crippen LogP contribution in [0.3, 0.4) is 0 Å². The van der Waals surface area contributed by atoms with E-state index in [2.05, 4.69) is 5.32 Å². The molecule has 1 amide bonds. The van der Waals surface area contributed by atoms with E-state index in [9.17, 15) is 9.59 Å². The van der Waals surface area contributed by atoms with Gasteiger partial charge < -0.3 is 9.88 Å². The fourth-order valence-corrected chi connectivity index (χ4v) is 1.39. The Bertz CT molecular complexity index is 443. The zero-order chi connectivity index (χ0) is 12.7. The highest BCUT2D eigenvalue weighted by Crippen LogP contribution is 2.04. The Morgan fingerprint density at radius 3 is 2.94 bits per heavy atom. The van der Waals surface area contributed by atoms with Gasteiger partial charge in [0.1, 0.15) is 6.54 Å². The Hall–Kier alpha value is -2.09. The van der Waals surface area contributed by atoms with Crippen molar-refractivity contribution in [3.05, 3.63) is 24.0 Å². The first-order valence-corrected chi connectivity index (χ1v) is 5.50. The normalized spacial score (nSPS) is 9.65. The van der Waals surface area contributed by atoms with Crippen LogP contribution < -0.4 is 5.32 Å². The fourth-order valence-electron chi connectivity index (χ4n) is 1.39. The van der Waals surface area contributed by atoms with E-state index < -0.39 is 0 Å². The quantitative estimate of drug-likeness (QED) is 0.590. The molecule has 17 heavy (non-hydrogen) atoms. The van der Waals surface area contributed by atoms with Crippen LogP contribution in [-0.2, 0) is 11.3 Å². The molecule has 0 unspecified atom stereocenters. The van der Waals surface area contributed by atoms with Gasteiger partial charge >= 0.3 is 0 Å². The van der Waals surface area contributed by atoms with Crippen LogP contribution in [0.2, 0.25) is 0 Å². The molecule has 5 heteroatoms. The van der Waals surface area contributed by atoms with Crippen LogP contribution >= 0.6 is 0 Å². The molecule has 0 aliphatic rings. The number of rotatable bonds is 6. The van der Waals surface area contributed by atoms with E-state index in [0.717, 1.165) is 0 Å². The first kappa shape index (κ1) is 13.0. The minimum absolute atomic E-state index is 0.0636. The number of hydrogen-bond donors (Lipinski definition) is 1. The second-order valence-corrected chi connectivity index (χ2v) is 3.61. The third-order valence-corrected chi connectivity index (χ3v) is 2.28. The van der Waals surface area contributed by atoms with Crippen molar-refractivity contribution in [2.45, 2.75) is 26.3 Å². The van der Waals surface area contributed by atoms with Gasteiger partial charge in [0.05, 0.1) is 12.5 Å². The number of ketones is 1. The van der Waals surface area contributed by atoms with Crippen LogP contribution in [0.1, 0.15) is 30.1 Å². The Kier molecular flexibility index (Phi) is 4.95. The minimum atomic E-state index is -0.161. The largest absolute Gasteiger partial charge is 0.354 e. The lowest BCUT2D eigenvalue weighted by molar-refractivity contribution is -0.121. The molecule has 1 aromatic rings. The lowest BCUT2D eigenvalue weighted by atomic mass is 10.2. The minimum Gasteiger partial charge on any atom is -0.354 e. The summed E-state index contributed by atoms with van der Waals surface area (Å²) >= 11 is 0. The van der Waals surface area contributed by atoms with E-state index >= 15 is 0 Å². The molecule has 0 bridgehead atoms. The predicted octanol–water partition coefficient (Wildman–Crippen LogP) is 1.11. The van der Waals surface area contributed by atoms with Crippen LogP contribution in [0.25, 0.3) is 0 Å². The highest BCUT2D eigenvalue weighted by Gasteiger charge is 2.07.